The van der Waals surface area contributed by atoms with E-state index in [1.165, 1.54) is 61.9 Å². The molecular formula is C17H26N2. The van der Waals surface area contributed by atoms with Gasteiger partial charge in [-0.3, -0.25) is 0 Å². The summed E-state index contributed by atoms with van der Waals surface area (Å²) in [6.45, 7) is 5.66. The summed E-state index contributed by atoms with van der Waals surface area (Å²) in [4.78, 5) is 0. The van der Waals surface area contributed by atoms with E-state index in [4.69, 9.17) is 0 Å². The Labute approximate surface area is 117 Å². The number of hydrogen-bond donors (Lipinski definition) is 2. The van der Waals surface area contributed by atoms with E-state index in [2.05, 4.69) is 35.8 Å². The van der Waals surface area contributed by atoms with Crippen molar-refractivity contribution in [2.75, 3.05) is 18.4 Å². The molecule has 0 spiro atoms. The Morgan fingerprint density at radius 3 is 2.89 bits per heavy atom. The highest BCUT2D eigenvalue weighted by Gasteiger charge is 2.31. The molecule has 0 unspecified atom stereocenters. The van der Waals surface area contributed by atoms with Crippen LogP contribution < -0.4 is 10.6 Å². The molecule has 1 heterocycles. The normalized spacial score (nSPS) is 20.3. The van der Waals surface area contributed by atoms with Gasteiger partial charge in [-0.2, -0.15) is 0 Å². The summed E-state index contributed by atoms with van der Waals surface area (Å²) in [6, 6.07) is 6.72. The van der Waals surface area contributed by atoms with Gasteiger partial charge in [0.2, 0.25) is 0 Å². The third-order valence-corrected chi connectivity index (χ3v) is 5.16. The monoisotopic (exact) mass is 258 g/mol. The fraction of sp³-hybridized carbons (Fsp3) is 0.647. The smallest absolute Gasteiger partial charge is 0.0419 e. The highest BCUT2D eigenvalue weighted by molar-refractivity contribution is 5.61. The van der Waals surface area contributed by atoms with Crippen LogP contribution in [0.25, 0.3) is 0 Å². The first-order chi connectivity index (χ1) is 9.33. The van der Waals surface area contributed by atoms with Gasteiger partial charge in [0.25, 0.3) is 0 Å². The summed E-state index contributed by atoms with van der Waals surface area (Å²) in [5.74, 6) is 0. The third kappa shape index (κ3) is 2.64. The van der Waals surface area contributed by atoms with Crippen molar-refractivity contribution in [3.05, 3.63) is 29.3 Å². The zero-order valence-corrected chi connectivity index (χ0v) is 12.1. The summed E-state index contributed by atoms with van der Waals surface area (Å²) in [5, 5.41) is 7.26. The van der Waals surface area contributed by atoms with Crippen LogP contribution in [0, 0.1) is 5.41 Å². The lowest BCUT2D eigenvalue weighted by Crippen LogP contribution is -2.31. The van der Waals surface area contributed by atoms with Crippen LogP contribution >= 0.6 is 0 Å². The van der Waals surface area contributed by atoms with Crippen molar-refractivity contribution in [1.29, 1.82) is 0 Å². The molecule has 0 atom stereocenters. The molecule has 2 N–H and O–H groups in total. The second-order valence-electron chi connectivity index (χ2n) is 6.29. The maximum absolute atomic E-state index is 3.73. The van der Waals surface area contributed by atoms with Crippen molar-refractivity contribution in [3.8, 4) is 0 Å². The topological polar surface area (TPSA) is 24.1 Å². The largest absolute Gasteiger partial charge is 0.384 e. The second kappa shape index (κ2) is 5.54. The molecule has 0 radical (unpaired) electrons. The first kappa shape index (κ1) is 13.0. The molecular weight excluding hydrogens is 232 g/mol. The Balaban J connectivity index is 1.59. The summed E-state index contributed by atoms with van der Waals surface area (Å²) in [7, 11) is 0. The standard InChI is InChI=1S/C17H26N2/c1-2-17(9-3-4-10-17)13-18-12-15-7-5-6-14-8-11-19-16(14)15/h5-7,18-19H,2-4,8-13H2,1H3. The molecule has 3 rings (SSSR count). The minimum Gasteiger partial charge on any atom is -0.384 e. The van der Waals surface area contributed by atoms with Gasteiger partial charge in [0.05, 0.1) is 0 Å². The zero-order valence-electron chi connectivity index (χ0n) is 12.1. The molecule has 0 saturated heterocycles. The SMILES string of the molecule is CCC1(CNCc2cccc3c2NCC3)CCCC1. The van der Waals surface area contributed by atoms with Crippen molar-refractivity contribution in [3.63, 3.8) is 0 Å². The number of rotatable bonds is 5. The van der Waals surface area contributed by atoms with Gasteiger partial charge >= 0.3 is 0 Å². The van der Waals surface area contributed by atoms with Gasteiger partial charge in [-0.1, -0.05) is 38.0 Å². The van der Waals surface area contributed by atoms with Gasteiger partial charge in [0.1, 0.15) is 0 Å². The minimum absolute atomic E-state index is 0.589. The molecule has 2 heteroatoms. The van der Waals surface area contributed by atoms with E-state index >= 15 is 0 Å². The van der Waals surface area contributed by atoms with E-state index in [-0.39, 0.29) is 0 Å². The van der Waals surface area contributed by atoms with Crippen molar-refractivity contribution >= 4 is 5.69 Å². The van der Waals surface area contributed by atoms with Gasteiger partial charge in [-0.15, -0.1) is 0 Å². The Morgan fingerprint density at radius 2 is 2.11 bits per heavy atom. The fourth-order valence-electron chi connectivity index (χ4n) is 3.80. The van der Waals surface area contributed by atoms with E-state index in [0.717, 1.165) is 13.1 Å². The first-order valence-electron chi connectivity index (χ1n) is 7.88. The van der Waals surface area contributed by atoms with E-state index in [1.54, 1.807) is 0 Å². The molecule has 2 aliphatic rings. The van der Waals surface area contributed by atoms with Crippen molar-refractivity contribution in [2.24, 2.45) is 5.41 Å². The quantitative estimate of drug-likeness (QED) is 0.841. The number of fused-ring (bicyclic) bond motifs is 1. The van der Waals surface area contributed by atoms with Crippen LogP contribution in [-0.2, 0) is 13.0 Å². The van der Waals surface area contributed by atoms with Gasteiger partial charge in [-0.25, -0.2) is 0 Å². The number of hydrogen-bond acceptors (Lipinski definition) is 2. The lowest BCUT2D eigenvalue weighted by atomic mass is 9.83. The van der Waals surface area contributed by atoms with Crippen LogP contribution in [0.5, 0.6) is 0 Å². The minimum atomic E-state index is 0.589. The molecule has 1 saturated carbocycles. The number of para-hydroxylation sites is 1. The lowest BCUT2D eigenvalue weighted by molar-refractivity contribution is 0.268. The molecule has 2 nitrogen and oxygen atoms in total. The predicted molar refractivity (Wildman–Crippen MR) is 81.5 cm³/mol. The maximum atomic E-state index is 3.73. The molecule has 0 amide bonds. The summed E-state index contributed by atoms with van der Waals surface area (Å²) >= 11 is 0. The Bertz CT molecular complexity index is 433. The van der Waals surface area contributed by atoms with Crippen LogP contribution in [-0.4, -0.2) is 13.1 Å². The zero-order chi connectivity index (χ0) is 13.1. The van der Waals surface area contributed by atoms with Crippen molar-refractivity contribution < 1.29 is 0 Å². The Morgan fingerprint density at radius 1 is 1.26 bits per heavy atom. The lowest BCUT2D eigenvalue weighted by Gasteiger charge is -2.28. The first-order valence-corrected chi connectivity index (χ1v) is 7.88. The molecule has 19 heavy (non-hydrogen) atoms. The van der Waals surface area contributed by atoms with Gasteiger partial charge in [0, 0.05) is 25.3 Å². The average molecular weight is 258 g/mol. The molecule has 104 valence electrons. The van der Waals surface area contributed by atoms with E-state index in [0.29, 0.717) is 5.41 Å². The van der Waals surface area contributed by atoms with Crippen LogP contribution in [0.15, 0.2) is 18.2 Å². The molecule has 0 bridgehead atoms. The van der Waals surface area contributed by atoms with Crippen molar-refractivity contribution in [1.82, 2.24) is 5.32 Å². The summed E-state index contributed by atoms with van der Waals surface area (Å²) in [6.07, 6.45) is 8.20. The van der Waals surface area contributed by atoms with Gasteiger partial charge < -0.3 is 10.6 Å². The van der Waals surface area contributed by atoms with E-state index < -0.39 is 0 Å². The summed E-state index contributed by atoms with van der Waals surface area (Å²) in [5.41, 5.74) is 4.92. The molecule has 1 aliphatic carbocycles. The Kier molecular flexibility index (Phi) is 3.79. The Hall–Kier alpha value is -1.02. The third-order valence-electron chi connectivity index (χ3n) is 5.16. The molecule has 0 aromatic heterocycles. The highest BCUT2D eigenvalue weighted by atomic mass is 14.9. The van der Waals surface area contributed by atoms with Gasteiger partial charge in [0.15, 0.2) is 0 Å². The molecule has 1 fully saturated rings. The average Bonchev–Trinajstić information content (AvgIpc) is 3.08. The van der Waals surface area contributed by atoms with Gasteiger partial charge in [-0.05, 0) is 42.2 Å². The second-order valence-corrected chi connectivity index (χ2v) is 6.29. The van der Waals surface area contributed by atoms with E-state index in [9.17, 15) is 0 Å². The van der Waals surface area contributed by atoms with Crippen LogP contribution in [0.4, 0.5) is 5.69 Å². The number of benzene rings is 1. The van der Waals surface area contributed by atoms with E-state index in [1.807, 2.05) is 0 Å². The van der Waals surface area contributed by atoms with Crippen LogP contribution in [0.1, 0.15) is 50.2 Å². The van der Waals surface area contributed by atoms with Crippen molar-refractivity contribution in [2.45, 2.75) is 52.0 Å². The fourth-order valence-corrected chi connectivity index (χ4v) is 3.80. The number of anilines is 1. The maximum Gasteiger partial charge on any atom is 0.0419 e. The van der Waals surface area contributed by atoms with Crippen LogP contribution in [0.2, 0.25) is 0 Å². The molecule has 1 aliphatic heterocycles. The van der Waals surface area contributed by atoms with Crippen LogP contribution in [0.3, 0.4) is 0 Å². The number of nitrogens with one attached hydrogen (secondary N) is 2. The highest BCUT2D eigenvalue weighted by Crippen LogP contribution is 2.40. The predicted octanol–water partition coefficient (Wildman–Crippen LogP) is 3.71. The molecule has 1 aromatic carbocycles. The molecule has 1 aromatic rings. The summed E-state index contributed by atoms with van der Waals surface area (Å²) < 4.78 is 0.